The van der Waals surface area contributed by atoms with E-state index in [4.69, 9.17) is 0 Å². The van der Waals surface area contributed by atoms with Gasteiger partial charge in [0.05, 0.1) is 11.3 Å². The van der Waals surface area contributed by atoms with Crippen molar-refractivity contribution >= 4 is 11.6 Å². The Morgan fingerprint density at radius 2 is 1.41 bits per heavy atom. The Morgan fingerprint density at radius 3 is 2.07 bits per heavy atom. The van der Waals surface area contributed by atoms with Gasteiger partial charge in [-0.2, -0.15) is 13.2 Å². The SMILES string of the molecule is O=C(CCc1c(F)c(F)c(F)c(F)c1F)N[C@](Cc1ccccc1)(C1=N/C=C/CCC/C=C\1)c1cc(F)cc(C(F)(F)F)c1. The van der Waals surface area contributed by atoms with Gasteiger partial charge in [-0.25, -0.2) is 26.3 Å². The molecule has 3 aromatic carbocycles. The van der Waals surface area contributed by atoms with Crippen molar-refractivity contribution in [3.8, 4) is 0 Å². The van der Waals surface area contributed by atoms with Gasteiger partial charge in [0, 0.05) is 24.6 Å². The number of carbonyl (C=O) groups excluding carboxylic acids is 1. The lowest BCUT2D eigenvalue weighted by Crippen LogP contribution is -2.53. The lowest BCUT2D eigenvalue weighted by Gasteiger charge is -2.36. The molecule has 1 heterocycles. The molecule has 3 aromatic rings. The fourth-order valence-corrected chi connectivity index (χ4v) is 4.88. The van der Waals surface area contributed by atoms with Crippen LogP contribution >= 0.6 is 0 Å². The van der Waals surface area contributed by atoms with E-state index >= 15 is 0 Å². The number of carbonyl (C=O) groups is 1. The molecule has 12 heteroatoms. The molecular weight excluding hydrogens is 599 g/mol. The molecule has 232 valence electrons. The lowest BCUT2D eigenvalue weighted by atomic mass is 9.78. The van der Waals surface area contributed by atoms with E-state index in [0.29, 0.717) is 37.0 Å². The van der Waals surface area contributed by atoms with E-state index in [2.05, 4.69) is 10.3 Å². The van der Waals surface area contributed by atoms with Gasteiger partial charge in [0.15, 0.2) is 23.3 Å². The molecule has 0 saturated carbocycles. The molecule has 0 unspecified atom stereocenters. The summed E-state index contributed by atoms with van der Waals surface area (Å²) in [6.07, 6.45) is 1.15. The molecule has 1 aliphatic heterocycles. The minimum Gasteiger partial charge on any atom is -0.341 e. The van der Waals surface area contributed by atoms with E-state index in [9.17, 15) is 44.3 Å². The van der Waals surface area contributed by atoms with Gasteiger partial charge in [-0.15, -0.1) is 0 Å². The van der Waals surface area contributed by atoms with Gasteiger partial charge >= 0.3 is 6.18 Å². The highest BCUT2D eigenvalue weighted by Crippen LogP contribution is 2.36. The molecule has 0 aromatic heterocycles. The Balaban J connectivity index is 1.87. The van der Waals surface area contributed by atoms with Crippen molar-refractivity contribution in [1.82, 2.24) is 5.32 Å². The lowest BCUT2D eigenvalue weighted by molar-refractivity contribution is -0.137. The van der Waals surface area contributed by atoms with Crippen LogP contribution in [-0.2, 0) is 29.4 Å². The third-order valence-electron chi connectivity index (χ3n) is 7.06. The summed E-state index contributed by atoms with van der Waals surface area (Å²) in [6.45, 7) is 0. The quantitative estimate of drug-likeness (QED) is 0.153. The summed E-state index contributed by atoms with van der Waals surface area (Å²) in [5.41, 5.74) is -4.40. The molecule has 1 aliphatic rings. The van der Waals surface area contributed by atoms with Gasteiger partial charge in [0.25, 0.3) is 0 Å². The Kier molecular flexibility index (Phi) is 10.0. The molecule has 0 spiro atoms. The van der Waals surface area contributed by atoms with Crippen molar-refractivity contribution in [2.75, 3.05) is 0 Å². The van der Waals surface area contributed by atoms with Crippen LogP contribution in [0.2, 0.25) is 0 Å². The van der Waals surface area contributed by atoms with Crippen LogP contribution in [0.25, 0.3) is 0 Å². The first kappa shape index (κ1) is 32.6. The number of hydrogen-bond donors (Lipinski definition) is 1. The monoisotopic (exact) mass is 624 g/mol. The van der Waals surface area contributed by atoms with E-state index in [-0.39, 0.29) is 17.7 Å². The first-order valence-electron chi connectivity index (χ1n) is 13.5. The number of aliphatic imine (C=N–C) groups is 1. The first-order chi connectivity index (χ1) is 20.8. The number of rotatable bonds is 8. The van der Waals surface area contributed by atoms with Gasteiger partial charge in [0.1, 0.15) is 11.4 Å². The van der Waals surface area contributed by atoms with Gasteiger partial charge < -0.3 is 5.32 Å². The Labute approximate surface area is 246 Å². The zero-order valence-corrected chi connectivity index (χ0v) is 22.9. The normalized spacial score (nSPS) is 17.8. The van der Waals surface area contributed by atoms with Crippen molar-refractivity contribution in [3.63, 3.8) is 0 Å². The second kappa shape index (κ2) is 13.5. The third kappa shape index (κ3) is 7.23. The van der Waals surface area contributed by atoms with Crippen molar-refractivity contribution in [3.05, 3.63) is 130 Å². The predicted octanol–water partition coefficient (Wildman–Crippen LogP) is 8.42. The van der Waals surface area contributed by atoms with Crippen LogP contribution in [0.4, 0.5) is 39.5 Å². The second-order valence-corrected chi connectivity index (χ2v) is 10.1. The molecular formula is C32H25F9N2O. The molecule has 1 N–H and O–H groups in total. The van der Waals surface area contributed by atoms with Gasteiger partial charge in [-0.1, -0.05) is 42.5 Å². The van der Waals surface area contributed by atoms with Crippen LogP contribution in [0.15, 0.2) is 78.0 Å². The minimum absolute atomic E-state index is 0.0165. The Bertz CT molecular complexity index is 1590. The minimum atomic E-state index is -4.97. The van der Waals surface area contributed by atoms with E-state index < -0.39 is 76.5 Å². The zero-order chi connectivity index (χ0) is 32.1. The number of allylic oxidation sites excluding steroid dienone is 2. The molecule has 0 radical (unpaired) electrons. The van der Waals surface area contributed by atoms with Crippen molar-refractivity contribution in [1.29, 1.82) is 0 Å². The third-order valence-corrected chi connectivity index (χ3v) is 7.06. The zero-order valence-electron chi connectivity index (χ0n) is 22.9. The predicted molar refractivity (Wildman–Crippen MR) is 145 cm³/mol. The second-order valence-electron chi connectivity index (χ2n) is 10.1. The summed E-state index contributed by atoms with van der Waals surface area (Å²) in [5.74, 6) is -13.3. The summed E-state index contributed by atoms with van der Waals surface area (Å²) < 4.78 is 126. The smallest absolute Gasteiger partial charge is 0.341 e. The van der Waals surface area contributed by atoms with Crippen LogP contribution in [0.1, 0.15) is 47.9 Å². The summed E-state index contributed by atoms with van der Waals surface area (Å²) in [5, 5.41) is 2.59. The highest BCUT2D eigenvalue weighted by atomic mass is 19.4. The van der Waals surface area contributed by atoms with E-state index in [1.807, 2.05) is 0 Å². The first-order valence-corrected chi connectivity index (χ1v) is 13.5. The maximum absolute atomic E-state index is 14.8. The average molecular weight is 625 g/mol. The average Bonchev–Trinajstić information content (AvgIpc) is 3.13. The molecule has 44 heavy (non-hydrogen) atoms. The number of alkyl halides is 3. The fraction of sp³-hybridized carbons (Fsp3) is 0.250. The standard InChI is InChI=1S/C32H25F9N2O/c33-22-16-20(15-21(17-22)32(39,40)41)31(18-19-9-5-4-6-10-19,24-11-7-2-1-3-8-14-42-24)43-25(44)13-12-23-26(34)28(36)30(38)29(37)27(23)35/h4-11,14-17H,1-3,12-13,18H2,(H,43,44)/b11-7-,14-8+,42-24+/t31-/m0/s1. The van der Waals surface area contributed by atoms with Crippen molar-refractivity contribution < 1.29 is 44.3 Å². The van der Waals surface area contributed by atoms with Crippen LogP contribution in [0, 0.1) is 34.9 Å². The summed E-state index contributed by atoms with van der Waals surface area (Å²) >= 11 is 0. The largest absolute Gasteiger partial charge is 0.416 e. The summed E-state index contributed by atoms with van der Waals surface area (Å²) in [7, 11) is 0. The molecule has 0 saturated heterocycles. The van der Waals surface area contributed by atoms with Crippen LogP contribution in [0.5, 0.6) is 0 Å². The van der Waals surface area contributed by atoms with Gasteiger partial charge in [0.2, 0.25) is 11.7 Å². The molecule has 1 atom stereocenters. The fourth-order valence-electron chi connectivity index (χ4n) is 4.88. The Morgan fingerprint density at radius 1 is 0.795 bits per heavy atom. The molecule has 4 rings (SSSR count). The molecule has 3 nitrogen and oxygen atoms in total. The number of benzene rings is 3. The van der Waals surface area contributed by atoms with Crippen LogP contribution in [0.3, 0.4) is 0 Å². The molecule has 1 amide bonds. The number of nitrogens with one attached hydrogen (secondary N) is 1. The maximum Gasteiger partial charge on any atom is 0.416 e. The molecule has 0 aliphatic carbocycles. The van der Waals surface area contributed by atoms with Gasteiger partial charge in [-0.05, 0) is 61.1 Å². The van der Waals surface area contributed by atoms with Crippen molar-refractivity contribution in [2.24, 2.45) is 4.99 Å². The topological polar surface area (TPSA) is 41.5 Å². The summed E-state index contributed by atoms with van der Waals surface area (Å²) in [4.78, 5) is 17.9. The molecule has 0 bridgehead atoms. The van der Waals surface area contributed by atoms with Gasteiger partial charge in [-0.3, -0.25) is 9.79 Å². The number of amides is 1. The van der Waals surface area contributed by atoms with E-state index in [1.165, 1.54) is 12.3 Å². The van der Waals surface area contributed by atoms with Crippen LogP contribution < -0.4 is 5.32 Å². The summed E-state index contributed by atoms with van der Waals surface area (Å²) in [6, 6.07) is 9.97. The number of hydrogen-bond acceptors (Lipinski definition) is 2. The van der Waals surface area contributed by atoms with E-state index in [0.717, 1.165) is 6.07 Å². The van der Waals surface area contributed by atoms with E-state index in [1.54, 1.807) is 42.5 Å². The maximum atomic E-state index is 14.8. The van der Waals surface area contributed by atoms with Crippen molar-refractivity contribution in [2.45, 2.75) is 50.2 Å². The highest BCUT2D eigenvalue weighted by molar-refractivity contribution is 6.06. The number of nitrogens with zero attached hydrogens (tertiary/aromatic N) is 1. The Hall–Kier alpha value is -4.35. The van der Waals surface area contributed by atoms with Crippen LogP contribution in [-0.4, -0.2) is 11.6 Å². The number of halogens is 9. The highest BCUT2D eigenvalue weighted by Gasteiger charge is 2.41. The molecule has 0 fully saturated rings.